The van der Waals surface area contributed by atoms with Crippen molar-refractivity contribution in [3.8, 4) is 17.1 Å². The summed E-state index contributed by atoms with van der Waals surface area (Å²) >= 11 is 7.49. The van der Waals surface area contributed by atoms with Gasteiger partial charge in [0.2, 0.25) is 5.91 Å². The molecule has 7 nitrogen and oxygen atoms in total. The van der Waals surface area contributed by atoms with E-state index >= 15 is 0 Å². The fourth-order valence-corrected chi connectivity index (χ4v) is 4.57. The number of carbonyl (C=O) groups is 1. The van der Waals surface area contributed by atoms with Crippen LogP contribution in [0, 0.1) is 0 Å². The standard InChI is InChI=1S/C28H23ClN4O3S/c29-22-9-4-8-21(16-22)27-31-32-28(33(27)17-25-10-5-15-35-25)37-19-26(34)30-23-11-13-24(14-12-23)36-18-20-6-2-1-3-7-20/h1-16H,17-19H2,(H,30,34). The van der Waals surface area contributed by atoms with Crippen LogP contribution in [0.25, 0.3) is 11.4 Å². The Morgan fingerprint density at radius 3 is 2.57 bits per heavy atom. The number of anilines is 1. The lowest BCUT2D eigenvalue weighted by molar-refractivity contribution is -0.113. The summed E-state index contributed by atoms with van der Waals surface area (Å²) < 4.78 is 13.3. The van der Waals surface area contributed by atoms with Gasteiger partial charge in [-0.1, -0.05) is 65.8 Å². The smallest absolute Gasteiger partial charge is 0.234 e. The first-order valence-corrected chi connectivity index (χ1v) is 12.9. The quantitative estimate of drug-likeness (QED) is 0.206. The second-order valence-electron chi connectivity index (χ2n) is 8.12. The number of amides is 1. The van der Waals surface area contributed by atoms with E-state index in [4.69, 9.17) is 20.8 Å². The molecule has 0 spiro atoms. The van der Waals surface area contributed by atoms with Gasteiger partial charge >= 0.3 is 0 Å². The third-order valence-electron chi connectivity index (χ3n) is 5.41. The number of thioether (sulfide) groups is 1. The Kier molecular flexibility index (Phi) is 7.88. The highest BCUT2D eigenvalue weighted by molar-refractivity contribution is 7.99. The summed E-state index contributed by atoms with van der Waals surface area (Å²) in [6, 6.07) is 28.4. The molecule has 0 bridgehead atoms. The van der Waals surface area contributed by atoms with E-state index in [9.17, 15) is 4.79 Å². The third kappa shape index (κ3) is 6.61. The van der Waals surface area contributed by atoms with Crippen LogP contribution in [0.5, 0.6) is 5.75 Å². The van der Waals surface area contributed by atoms with Gasteiger partial charge in [0.05, 0.1) is 18.6 Å². The molecule has 0 aliphatic heterocycles. The number of rotatable bonds is 10. The molecular formula is C28H23ClN4O3S. The van der Waals surface area contributed by atoms with Crippen LogP contribution in [0.1, 0.15) is 11.3 Å². The summed E-state index contributed by atoms with van der Waals surface area (Å²) in [5, 5.41) is 12.8. The normalized spacial score (nSPS) is 10.8. The molecule has 9 heteroatoms. The lowest BCUT2D eigenvalue weighted by atomic mass is 10.2. The van der Waals surface area contributed by atoms with Crippen LogP contribution in [0.4, 0.5) is 5.69 Å². The van der Waals surface area contributed by atoms with Gasteiger partial charge < -0.3 is 14.5 Å². The number of nitrogens with one attached hydrogen (secondary N) is 1. The van der Waals surface area contributed by atoms with Gasteiger partial charge in [-0.2, -0.15) is 0 Å². The molecular weight excluding hydrogens is 508 g/mol. The van der Waals surface area contributed by atoms with Crippen LogP contribution in [0.2, 0.25) is 5.02 Å². The number of carbonyl (C=O) groups excluding carboxylic acids is 1. The maximum absolute atomic E-state index is 12.7. The fourth-order valence-electron chi connectivity index (χ4n) is 3.64. The molecule has 2 aromatic heterocycles. The molecule has 3 aromatic carbocycles. The molecule has 0 saturated heterocycles. The van der Waals surface area contributed by atoms with Crippen molar-refractivity contribution in [2.45, 2.75) is 18.3 Å². The lowest BCUT2D eigenvalue weighted by Gasteiger charge is -2.10. The van der Waals surface area contributed by atoms with Gasteiger partial charge in [-0.3, -0.25) is 9.36 Å². The molecule has 0 atom stereocenters. The minimum Gasteiger partial charge on any atom is -0.489 e. The number of aromatic nitrogens is 3. The van der Waals surface area contributed by atoms with Gasteiger partial charge in [0, 0.05) is 16.3 Å². The molecule has 2 heterocycles. The first kappa shape index (κ1) is 24.7. The topological polar surface area (TPSA) is 82.2 Å². The highest BCUT2D eigenvalue weighted by atomic mass is 35.5. The van der Waals surface area contributed by atoms with E-state index < -0.39 is 0 Å². The molecule has 0 fully saturated rings. The Balaban J connectivity index is 1.21. The molecule has 0 saturated carbocycles. The lowest BCUT2D eigenvalue weighted by Crippen LogP contribution is -2.14. The number of hydrogen-bond acceptors (Lipinski definition) is 6. The van der Waals surface area contributed by atoms with Crippen LogP contribution < -0.4 is 10.1 Å². The minimum absolute atomic E-state index is 0.153. The van der Waals surface area contributed by atoms with Crippen LogP contribution >= 0.6 is 23.4 Å². The Morgan fingerprint density at radius 1 is 0.973 bits per heavy atom. The molecule has 37 heavy (non-hydrogen) atoms. The zero-order valence-corrected chi connectivity index (χ0v) is 21.3. The van der Waals surface area contributed by atoms with Gasteiger partial charge in [0.15, 0.2) is 11.0 Å². The summed E-state index contributed by atoms with van der Waals surface area (Å²) in [7, 11) is 0. The molecule has 0 radical (unpaired) electrons. The van der Waals surface area contributed by atoms with Crippen LogP contribution in [-0.4, -0.2) is 26.4 Å². The number of nitrogens with zero attached hydrogens (tertiary/aromatic N) is 3. The predicted molar refractivity (Wildman–Crippen MR) is 145 cm³/mol. The van der Waals surface area contributed by atoms with E-state index in [1.165, 1.54) is 11.8 Å². The van der Waals surface area contributed by atoms with Crippen molar-refractivity contribution < 1.29 is 13.9 Å². The van der Waals surface area contributed by atoms with Crippen molar-refractivity contribution in [1.29, 1.82) is 0 Å². The number of benzene rings is 3. The van der Waals surface area contributed by atoms with Crippen molar-refractivity contribution >= 4 is 35.0 Å². The van der Waals surface area contributed by atoms with Crippen molar-refractivity contribution in [1.82, 2.24) is 14.8 Å². The largest absolute Gasteiger partial charge is 0.489 e. The van der Waals surface area contributed by atoms with E-state index in [2.05, 4.69) is 15.5 Å². The highest BCUT2D eigenvalue weighted by Gasteiger charge is 2.17. The average molecular weight is 531 g/mol. The maximum Gasteiger partial charge on any atom is 0.234 e. The third-order valence-corrected chi connectivity index (χ3v) is 6.61. The van der Waals surface area contributed by atoms with Crippen molar-refractivity contribution in [2.75, 3.05) is 11.1 Å². The summed E-state index contributed by atoms with van der Waals surface area (Å²) in [6.45, 7) is 0.912. The second kappa shape index (κ2) is 11.8. The van der Waals surface area contributed by atoms with Crippen molar-refractivity contribution in [3.05, 3.63) is 114 Å². The Morgan fingerprint density at radius 2 is 1.81 bits per heavy atom. The molecule has 186 valence electrons. The summed E-state index contributed by atoms with van der Waals surface area (Å²) in [4.78, 5) is 12.7. The van der Waals surface area contributed by atoms with Crippen LogP contribution in [0.15, 0.2) is 107 Å². The number of ether oxygens (including phenoxy) is 1. The molecule has 1 amide bonds. The molecule has 0 unspecified atom stereocenters. The van der Waals surface area contributed by atoms with Crippen molar-refractivity contribution in [2.24, 2.45) is 0 Å². The Labute approximate surface area is 223 Å². The second-order valence-corrected chi connectivity index (χ2v) is 9.50. The molecule has 5 rings (SSSR count). The van der Waals surface area contributed by atoms with Gasteiger partial charge in [-0.25, -0.2) is 0 Å². The van der Waals surface area contributed by atoms with Crippen LogP contribution in [-0.2, 0) is 17.9 Å². The first-order valence-electron chi connectivity index (χ1n) is 11.5. The summed E-state index contributed by atoms with van der Waals surface area (Å²) in [5.74, 6) is 2.14. The number of hydrogen-bond donors (Lipinski definition) is 1. The number of furan rings is 1. The fraction of sp³-hybridized carbons (Fsp3) is 0.107. The summed E-state index contributed by atoms with van der Waals surface area (Å²) in [5.41, 5.74) is 2.61. The molecule has 0 aliphatic rings. The van der Waals surface area contributed by atoms with E-state index in [-0.39, 0.29) is 11.7 Å². The van der Waals surface area contributed by atoms with Gasteiger partial charge in [0.1, 0.15) is 18.1 Å². The molecule has 5 aromatic rings. The first-order chi connectivity index (χ1) is 18.1. The zero-order chi connectivity index (χ0) is 25.5. The summed E-state index contributed by atoms with van der Waals surface area (Å²) in [6.07, 6.45) is 1.62. The van der Waals surface area contributed by atoms with E-state index in [1.807, 2.05) is 89.5 Å². The van der Waals surface area contributed by atoms with Gasteiger partial charge in [-0.05, 0) is 54.1 Å². The van der Waals surface area contributed by atoms with E-state index in [0.717, 1.165) is 22.6 Å². The Hall–Kier alpha value is -4.01. The van der Waals surface area contributed by atoms with Gasteiger partial charge in [-0.15, -0.1) is 10.2 Å². The monoisotopic (exact) mass is 530 g/mol. The maximum atomic E-state index is 12.7. The van der Waals surface area contributed by atoms with Crippen molar-refractivity contribution in [3.63, 3.8) is 0 Å². The number of halogens is 1. The van der Waals surface area contributed by atoms with Crippen LogP contribution in [0.3, 0.4) is 0 Å². The predicted octanol–water partition coefficient (Wildman–Crippen LogP) is 6.55. The Bertz CT molecular complexity index is 1450. The average Bonchev–Trinajstić information content (AvgIpc) is 3.58. The molecule has 1 N–H and O–H groups in total. The SMILES string of the molecule is O=C(CSc1nnc(-c2cccc(Cl)c2)n1Cc1ccco1)Nc1ccc(OCc2ccccc2)cc1. The van der Waals surface area contributed by atoms with Gasteiger partial charge in [0.25, 0.3) is 0 Å². The van der Waals surface area contributed by atoms with E-state index in [0.29, 0.717) is 34.8 Å². The zero-order valence-electron chi connectivity index (χ0n) is 19.7. The highest BCUT2D eigenvalue weighted by Crippen LogP contribution is 2.27. The molecule has 0 aliphatic carbocycles. The minimum atomic E-state index is -0.153. The van der Waals surface area contributed by atoms with E-state index in [1.54, 1.807) is 12.3 Å².